The lowest BCUT2D eigenvalue weighted by Gasteiger charge is -2.33. The van der Waals surface area contributed by atoms with Crippen LogP contribution in [0, 0.1) is 17.8 Å². The minimum Gasteiger partial charge on any atom is -0.481 e. The molecule has 1 saturated carbocycles. The molecule has 3 unspecified atom stereocenters. The molecule has 2 nitrogen and oxygen atoms in total. The van der Waals surface area contributed by atoms with Crippen LogP contribution in [0.25, 0.3) is 0 Å². The van der Waals surface area contributed by atoms with Crippen molar-refractivity contribution >= 4 is 33.2 Å². The van der Waals surface area contributed by atoms with E-state index < -0.39 is 5.97 Å². The lowest BCUT2D eigenvalue weighted by Crippen LogP contribution is -2.31. The van der Waals surface area contributed by atoms with Crippen molar-refractivity contribution in [3.05, 3.63) is 20.8 Å². The monoisotopic (exact) mass is 330 g/mol. The number of rotatable bonds is 4. The van der Waals surface area contributed by atoms with Crippen LogP contribution in [0.4, 0.5) is 0 Å². The second kappa shape index (κ2) is 6.20. The molecule has 4 heteroatoms. The average Bonchev–Trinajstić information content (AvgIpc) is 2.74. The molecule has 0 aromatic carbocycles. The van der Waals surface area contributed by atoms with E-state index in [0.717, 1.165) is 29.5 Å². The van der Waals surface area contributed by atoms with E-state index in [1.54, 1.807) is 11.3 Å². The molecule has 1 aromatic rings. The molecule has 0 saturated heterocycles. The van der Waals surface area contributed by atoms with Gasteiger partial charge in [0.15, 0.2) is 0 Å². The highest BCUT2D eigenvalue weighted by molar-refractivity contribution is 9.11. The summed E-state index contributed by atoms with van der Waals surface area (Å²) in [6.45, 7) is 2.21. The van der Waals surface area contributed by atoms with Gasteiger partial charge in [-0.05, 0) is 65.6 Å². The Bertz CT molecular complexity index is 416. The van der Waals surface area contributed by atoms with Crippen LogP contribution in [-0.4, -0.2) is 11.1 Å². The fourth-order valence-corrected chi connectivity index (χ4v) is 4.58. The van der Waals surface area contributed by atoms with Gasteiger partial charge in [-0.15, -0.1) is 11.3 Å². The number of carboxylic acids is 1. The van der Waals surface area contributed by atoms with Gasteiger partial charge in [0.1, 0.15) is 0 Å². The SMILES string of the molecule is CCC1CCC(C(=O)O)C(Cc2ccc(Br)s2)C1. The number of thiophene rings is 1. The van der Waals surface area contributed by atoms with Gasteiger partial charge in [-0.1, -0.05) is 13.3 Å². The van der Waals surface area contributed by atoms with Crippen molar-refractivity contribution in [2.75, 3.05) is 0 Å². The quantitative estimate of drug-likeness (QED) is 0.877. The molecule has 0 bridgehead atoms. The Balaban J connectivity index is 2.07. The predicted molar refractivity (Wildman–Crippen MR) is 78.0 cm³/mol. The summed E-state index contributed by atoms with van der Waals surface area (Å²) in [6, 6.07) is 4.17. The maximum Gasteiger partial charge on any atom is 0.306 e. The minimum atomic E-state index is -0.606. The average molecular weight is 331 g/mol. The minimum absolute atomic E-state index is 0.145. The van der Waals surface area contributed by atoms with Gasteiger partial charge in [-0.25, -0.2) is 0 Å². The highest BCUT2D eigenvalue weighted by Gasteiger charge is 2.34. The second-order valence-electron chi connectivity index (χ2n) is 5.20. The van der Waals surface area contributed by atoms with Crippen molar-refractivity contribution < 1.29 is 9.90 Å². The summed E-state index contributed by atoms with van der Waals surface area (Å²) in [4.78, 5) is 12.7. The Morgan fingerprint density at radius 2 is 2.28 bits per heavy atom. The summed E-state index contributed by atoms with van der Waals surface area (Å²) in [7, 11) is 0. The van der Waals surface area contributed by atoms with E-state index in [1.807, 2.05) is 0 Å². The van der Waals surface area contributed by atoms with Gasteiger partial charge in [0, 0.05) is 4.88 Å². The Labute approximate surface area is 121 Å². The van der Waals surface area contributed by atoms with Crippen LogP contribution in [0.5, 0.6) is 0 Å². The van der Waals surface area contributed by atoms with Crippen molar-refractivity contribution in [2.24, 2.45) is 17.8 Å². The molecule has 100 valence electrons. The van der Waals surface area contributed by atoms with Crippen molar-refractivity contribution in [1.82, 2.24) is 0 Å². The van der Waals surface area contributed by atoms with Gasteiger partial charge >= 0.3 is 5.97 Å². The zero-order chi connectivity index (χ0) is 13.1. The molecule has 1 aliphatic rings. The summed E-state index contributed by atoms with van der Waals surface area (Å²) in [5, 5.41) is 9.34. The fourth-order valence-electron chi connectivity index (χ4n) is 3.00. The van der Waals surface area contributed by atoms with E-state index in [0.29, 0.717) is 11.8 Å². The molecule has 1 aromatic heterocycles. The molecule has 2 rings (SSSR count). The van der Waals surface area contributed by atoms with E-state index in [1.165, 1.54) is 11.3 Å². The number of carbonyl (C=O) groups is 1. The van der Waals surface area contributed by atoms with Gasteiger partial charge < -0.3 is 5.11 Å². The van der Waals surface area contributed by atoms with Crippen molar-refractivity contribution in [1.29, 1.82) is 0 Å². The number of aliphatic carboxylic acids is 1. The van der Waals surface area contributed by atoms with E-state index in [4.69, 9.17) is 0 Å². The maximum absolute atomic E-state index is 11.3. The molecule has 1 fully saturated rings. The van der Waals surface area contributed by atoms with Crippen molar-refractivity contribution in [3.8, 4) is 0 Å². The molecule has 0 amide bonds. The fraction of sp³-hybridized carbons (Fsp3) is 0.643. The van der Waals surface area contributed by atoms with E-state index in [2.05, 4.69) is 35.0 Å². The molecule has 0 spiro atoms. The van der Waals surface area contributed by atoms with Gasteiger partial charge in [-0.2, -0.15) is 0 Å². The number of halogens is 1. The third-order valence-electron chi connectivity index (χ3n) is 4.08. The van der Waals surface area contributed by atoms with Crippen LogP contribution >= 0.6 is 27.3 Å². The highest BCUT2D eigenvalue weighted by atomic mass is 79.9. The number of hydrogen-bond donors (Lipinski definition) is 1. The molecule has 18 heavy (non-hydrogen) atoms. The second-order valence-corrected chi connectivity index (χ2v) is 7.75. The molecule has 3 atom stereocenters. The molecular weight excluding hydrogens is 312 g/mol. The van der Waals surface area contributed by atoms with E-state index in [9.17, 15) is 9.90 Å². The summed E-state index contributed by atoms with van der Waals surface area (Å²) >= 11 is 5.20. The van der Waals surface area contributed by atoms with Gasteiger partial charge in [0.2, 0.25) is 0 Å². The van der Waals surface area contributed by atoms with E-state index >= 15 is 0 Å². The Morgan fingerprint density at radius 1 is 1.50 bits per heavy atom. The zero-order valence-corrected chi connectivity index (χ0v) is 13.0. The smallest absolute Gasteiger partial charge is 0.306 e. The standard InChI is InChI=1S/C14H19BrO2S/c1-2-9-3-5-12(14(16)17)10(7-9)8-11-4-6-13(15)18-11/h4,6,9-10,12H,2-3,5,7-8H2,1H3,(H,16,17). The maximum atomic E-state index is 11.3. The first-order valence-electron chi connectivity index (χ1n) is 6.57. The molecule has 1 heterocycles. The zero-order valence-electron chi connectivity index (χ0n) is 10.6. The molecule has 1 N–H and O–H groups in total. The lowest BCUT2D eigenvalue weighted by atomic mass is 9.72. The van der Waals surface area contributed by atoms with Crippen LogP contribution in [0.1, 0.15) is 37.5 Å². The topological polar surface area (TPSA) is 37.3 Å². The highest BCUT2D eigenvalue weighted by Crippen LogP contribution is 2.38. The van der Waals surface area contributed by atoms with E-state index in [-0.39, 0.29) is 5.92 Å². The largest absolute Gasteiger partial charge is 0.481 e. The molecule has 1 aliphatic carbocycles. The van der Waals surface area contributed by atoms with Crippen LogP contribution < -0.4 is 0 Å². The summed E-state index contributed by atoms with van der Waals surface area (Å²) in [5.41, 5.74) is 0. The number of hydrogen-bond acceptors (Lipinski definition) is 2. The first-order valence-corrected chi connectivity index (χ1v) is 8.18. The van der Waals surface area contributed by atoms with Gasteiger partial charge in [0.05, 0.1) is 9.70 Å². The first-order chi connectivity index (χ1) is 8.60. The molecular formula is C14H19BrO2S. The Kier molecular flexibility index (Phi) is 4.84. The third kappa shape index (κ3) is 3.35. The Hall–Kier alpha value is -0.350. The predicted octanol–water partition coefficient (Wildman–Crippen LogP) is 4.58. The van der Waals surface area contributed by atoms with Gasteiger partial charge in [-0.3, -0.25) is 4.79 Å². The lowest BCUT2D eigenvalue weighted by molar-refractivity contribution is -0.145. The summed E-state index contributed by atoms with van der Waals surface area (Å²) < 4.78 is 1.13. The summed E-state index contributed by atoms with van der Waals surface area (Å²) in [5.74, 6) is 0.277. The summed E-state index contributed by atoms with van der Waals surface area (Å²) in [6.07, 6.45) is 5.10. The Morgan fingerprint density at radius 3 is 2.83 bits per heavy atom. The van der Waals surface area contributed by atoms with Crippen LogP contribution in [-0.2, 0) is 11.2 Å². The van der Waals surface area contributed by atoms with Crippen LogP contribution in [0.15, 0.2) is 15.9 Å². The van der Waals surface area contributed by atoms with Gasteiger partial charge in [0.25, 0.3) is 0 Å². The third-order valence-corrected chi connectivity index (χ3v) is 5.72. The van der Waals surface area contributed by atoms with Crippen molar-refractivity contribution in [2.45, 2.75) is 39.0 Å². The van der Waals surface area contributed by atoms with Crippen LogP contribution in [0.2, 0.25) is 0 Å². The molecule has 0 radical (unpaired) electrons. The van der Waals surface area contributed by atoms with Crippen LogP contribution in [0.3, 0.4) is 0 Å². The normalized spacial score (nSPS) is 28.2. The molecule has 0 aliphatic heterocycles. The number of carboxylic acid groups (broad SMARTS) is 1. The van der Waals surface area contributed by atoms with Crippen molar-refractivity contribution in [3.63, 3.8) is 0 Å². The first kappa shape index (κ1) is 14.1.